The molecule has 0 saturated heterocycles. The lowest BCUT2D eigenvalue weighted by Gasteiger charge is -2.39. The summed E-state index contributed by atoms with van der Waals surface area (Å²) in [6.07, 6.45) is 6.79. The van der Waals surface area contributed by atoms with Gasteiger partial charge >= 0.3 is 0 Å². The first-order chi connectivity index (χ1) is 46.3. The van der Waals surface area contributed by atoms with Gasteiger partial charge in [-0.1, -0.05) is 236 Å². The number of hydrogen-bond donors (Lipinski definition) is 0. The molecule has 4 nitrogen and oxygen atoms in total. The van der Waals surface area contributed by atoms with Crippen LogP contribution in [0.5, 0.6) is 0 Å². The van der Waals surface area contributed by atoms with Crippen LogP contribution in [0.3, 0.4) is 0 Å². The molecule has 1 saturated carbocycles. The van der Waals surface area contributed by atoms with E-state index in [0.29, 0.717) is 0 Å². The lowest BCUT2D eigenvalue weighted by Crippen LogP contribution is -2.30. The predicted molar refractivity (Wildman–Crippen MR) is 399 cm³/mol. The fraction of sp³-hybridized carbons (Fsp3) is 0.111. The average molecular weight is 1210 g/mol. The molecule has 0 heterocycles. The molecule has 0 atom stereocenters. The second-order valence-corrected chi connectivity index (χ2v) is 25.5. The van der Waals surface area contributed by atoms with Crippen LogP contribution in [0.1, 0.15) is 71.0 Å². The van der Waals surface area contributed by atoms with Crippen LogP contribution in [0.4, 0.5) is 68.2 Å². The molecule has 4 heteroatoms. The highest BCUT2D eigenvalue weighted by molar-refractivity contribution is 6.00. The molecular weight excluding hydrogens is 1140 g/mol. The van der Waals surface area contributed by atoms with Crippen LogP contribution in [0.2, 0.25) is 0 Å². The Morgan fingerprint density at radius 2 is 0.532 bits per heavy atom. The second-order valence-electron chi connectivity index (χ2n) is 25.5. The van der Waals surface area contributed by atoms with Gasteiger partial charge in [0.2, 0.25) is 0 Å². The maximum absolute atomic E-state index is 2.42. The van der Waals surface area contributed by atoms with E-state index in [4.69, 9.17) is 0 Å². The maximum atomic E-state index is 2.42. The molecule has 0 radical (unpaired) electrons. The van der Waals surface area contributed by atoms with Crippen molar-refractivity contribution in [2.75, 3.05) is 19.6 Å². The number of rotatable bonds is 17. The summed E-state index contributed by atoms with van der Waals surface area (Å²) in [4.78, 5) is 9.55. The van der Waals surface area contributed by atoms with Crippen LogP contribution in [-0.2, 0) is 11.8 Å². The molecule has 0 aromatic heterocycles. The lowest BCUT2D eigenvalue weighted by atomic mass is 9.65. The standard InChI is InChI=1S/C90H76N4/c1-65-26-44-77(45-27-65)91(78-46-28-66(2)29-47-78)81-58-40-74(41-59-81)90(62-12-5-13-63-90)75-42-60-82(61-43-75)92(79-48-30-67(3)31-49-79)80-50-32-68(33-51-80)64-69-34-52-83(53-35-69)94(89-25-15-19-73-17-9-11-23-87(73)89)85-56-38-71(39-57-85)70-36-54-84(55-37-70)93(76-20-6-4-7-21-76)88-24-14-18-72-16-8-10-22-86(72)88/h4,6-11,14-61H,5,12-13,62-64H2,1-3H3. The molecular formula is C90H76N4. The van der Waals surface area contributed by atoms with Gasteiger partial charge in [0.25, 0.3) is 0 Å². The van der Waals surface area contributed by atoms with Gasteiger partial charge in [0.15, 0.2) is 0 Å². The number of hydrogen-bond acceptors (Lipinski definition) is 4. The topological polar surface area (TPSA) is 13.0 Å². The Labute approximate surface area is 554 Å². The van der Waals surface area contributed by atoms with Crippen LogP contribution in [0, 0.1) is 20.8 Å². The van der Waals surface area contributed by atoms with Crippen molar-refractivity contribution in [2.45, 2.75) is 64.7 Å². The molecule has 15 rings (SSSR count). The van der Waals surface area contributed by atoms with Gasteiger partial charge in [-0.15, -0.1) is 0 Å². The van der Waals surface area contributed by atoms with E-state index in [9.17, 15) is 0 Å². The molecule has 1 aliphatic rings. The third-order valence-corrected chi connectivity index (χ3v) is 19.4. The van der Waals surface area contributed by atoms with Gasteiger partial charge in [0.1, 0.15) is 0 Å². The summed E-state index contributed by atoms with van der Waals surface area (Å²) < 4.78 is 0. The fourth-order valence-electron chi connectivity index (χ4n) is 14.3. The highest BCUT2D eigenvalue weighted by Gasteiger charge is 2.36. The molecule has 14 aromatic carbocycles. The lowest BCUT2D eigenvalue weighted by molar-refractivity contribution is 0.346. The van der Waals surface area contributed by atoms with E-state index in [1.807, 2.05) is 0 Å². The summed E-state index contributed by atoms with van der Waals surface area (Å²) in [6.45, 7) is 6.47. The first-order valence-corrected chi connectivity index (χ1v) is 33.3. The van der Waals surface area contributed by atoms with Crippen LogP contribution < -0.4 is 19.6 Å². The third-order valence-electron chi connectivity index (χ3n) is 19.4. The number of aryl methyl sites for hydroxylation is 3. The van der Waals surface area contributed by atoms with Gasteiger partial charge in [-0.3, -0.25) is 0 Å². The summed E-state index contributed by atoms with van der Waals surface area (Å²) in [5.41, 5.74) is 24.9. The highest BCUT2D eigenvalue weighted by atomic mass is 15.2. The number of anilines is 12. The number of fused-ring (bicyclic) bond motifs is 2. The zero-order valence-electron chi connectivity index (χ0n) is 53.8. The van der Waals surface area contributed by atoms with Gasteiger partial charge in [-0.05, 0) is 218 Å². The van der Waals surface area contributed by atoms with Crippen molar-refractivity contribution in [1.29, 1.82) is 0 Å². The zero-order valence-corrected chi connectivity index (χ0v) is 53.8. The van der Waals surface area contributed by atoms with Crippen LogP contribution in [0.25, 0.3) is 32.7 Å². The van der Waals surface area contributed by atoms with Gasteiger partial charge in [-0.2, -0.15) is 0 Å². The Balaban J connectivity index is 0.686. The quantitative estimate of drug-likeness (QED) is 0.0901. The van der Waals surface area contributed by atoms with Gasteiger partial charge in [0, 0.05) is 73.1 Å². The van der Waals surface area contributed by atoms with Crippen molar-refractivity contribution >= 4 is 89.8 Å². The van der Waals surface area contributed by atoms with E-state index >= 15 is 0 Å². The number of para-hydroxylation sites is 1. The van der Waals surface area contributed by atoms with Gasteiger partial charge in [0.05, 0.1) is 11.4 Å². The van der Waals surface area contributed by atoms with E-state index in [2.05, 4.69) is 374 Å². The SMILES string of the molecule is Cc1ccc(N(c2ccc(C)cc2)c2ccc(C3(c4ccc(N(c5ccc(C)cc5)c5ccc(Cc6ccc(N(c7ccc(-c8ccc(N(c9ccccc9)c9cccc%10ccccc9%10)cc8)cc7)c7cccc8ccccc78)cc6)cc5)cc4)CCCCC3)cc2)cc1. The molecule has 14 aromatic rings. The van der Waals surface area contributed by atoms with Crippen molar-refractivity contribution in [3.05, 3.63) is 373 Å². The average Bonchev–Trinajstić information content (AvgIpc) is 1.23. The third kappa shape index (κ3) is 12.0. The Hall–Kier alpha value is -11.2. The Bertz CT molecular complexity index is 4810. The summed E-state index contributed by atoms with van der Waals surface area (Å²) in [7, 11) is 0. The Morgan fingerprint density at radius 3 is 0.904 bits per heavy atom. The van der Waals surface area contributed by atoms with Gasteiger partial charge < -0.3 is 19.6 Å². The van der Waals surface area contributed by atoms with E-state index in [1.165, 1.54) is 79.8 Å². The second kappa shape index (κ2) is 26.2. The molecule has 0 aliphatic heterocycles. The minimum atomic E-state index is -0.0651. The van der Waals surface area contributed by atoms with Crippen molar-refractivity contribution in [2.24, 2.45) is 0 Å². The van der Waals surface area contributed by atoms with Crippen molar-refractivity contribution < 1.29 is 0 Å². The molecule has 1 aliphatic carbocycles. The summed E-state index contributed by atoms with van der Waals surface area (Å²) in [6, 6.07) is 123. The summed E-state index contributed by atoms with van der Waals surface area (Å²) >= 11 is 0. The van der Waals surface area contributed by atoms with Crippen LogP contribution in [-0.4, -0.2) is 0 Å². The largest absolute Gasteiger partial charge is 0.311 e. The van der Waals surface area contributed by atoms with E-state index in [0.717, 1.165) is 98.6 Å². The fourth-order valence-corrected chi connectivity index (χ4v) is 14.3. The molecule has 456 valence electrons. The predicted octanol–water partition coefficient (Wildman–Crippen LogP) is 25.3. The van der Waals surface area contributed by atoms with Crippen molar-refractivity contribution in [3.8, 4) is 11.1 Å². The first-order valence-electron chi connectivity index (χ1n) is 33.3. The minimum absolute atomic E-state index is 0.0651. The normalized spacial score (nSPS) is 12.8. The molecule has 0 amide bonds. The molecule has 94 heavy (non-hydrogen) atoms. The monoisotopic (exact) mass is 1210 g/mol. The van der Waals surface area contributed by atoms with Crippen LogP contribution >= 0.6 is 0 Å². The highest BCUT2D eigenvalue weighted by Crippen LogP contribution is 2.48. The molecule has 0 N–H and O–H groups in total. The smallest absolute Gasteiger partial charge is 0.0540 e. The first kappa shape index (κ1) is 59.1. The van der Waals surface area contributed by atoms with Crippen LogP contribution in [0.15, 0.2) is 334 Å². The summed E-state index contributed by atoms with van der Waals surface area (Å²) in [5, 5.41) is 4.84. The Morgan fingerprint density at radius 1 is 0.245 bits per heavy atom. The molecule has 0 unspecified atom stereocenters. The molecule has 0 spiro atoms. The van der Waals surface area contributed by atoms with Gasteiger partial charge in [-0.25, -0.2) is 0 Å². The van der Waals surface area contributed by atoms with Crippen molar-refractivity contribution in [1.82, 2.24) is 0 Å². The molecule has 0 bridgehead atoms. The number of benzene rings is 14. The zero-order chi connectivity index (χ0) is 63.4. The Kier molecular flexibility index (Phi) is 16.5. The van der Waals surface area contributed by atoms with E-state index < -0.39 is 0 Å². The van der Waals surface area contributed by atoms with E-state index in [1.54, 1.807) is 0 Å². The number of nitrogens with zero attached hydrogens (tertiary/aromatic N) is 4. The van der Waals surface area contributed by atoms with E-state index in [-0.39, 0.29) is 5.41 Å². The van der Waals surface area contributed by atoms with Crippen molar-refractivity contribution in [3.63, 3.8) is 0 Å². The summed E-state index contributed by atoms with van der Waals surface area (Å²) in [5.74, 6) is 0. The minimum Gasteiger partial charge on any atom is -0.311 e. The maximum Gasteiger partial charge on any atom is 0.0540 e. The molecule has 1 fully saturated rings.